The Hall–Kier alpha value is -1.03. The summed E-state index contributed by atoms with van der Waals surface area (Å²) in [6.07, 6.45) is -2.73. The van der Waals surface area contributed by atoms with Crippen molar-refractivity contribution in [3.8, 4) is 0 Å². The Bertz CT molecular complexity index is 345. The summed E-state index contributed by atoms with van der Waals surface area (Å²) in [7, 11) is 0. The lowest BCUT2D eigenvalue weighted by Gasteiger charge is -2.10. The number of nitrogens with one attached hydrogen (secondary N) is 1. The van der Waals surface area contributed by atoms with Crippen LogP contribution in [0.25, 0.3) is 0 Å². The summed E-state index contributed by atoms with van der Waals surface area (Å²) in [6, 6.07) is 5.96. The SMILES string of the molecule is CC(C)NCCCc1cccc(C(F)(F)F)c1. The molecule has 1 aromatic carbocycles. The van der Waals surface area contributed by atoms with Crippen LogP contribution in [0.3, 0.4) is 0 Å². The van der Waals surface area contributed by atoms with Crippen LogP contribution in [0.5, 0.6) is 0 Å². The number of rotatable bonds is 5. The van der Waals surface area contributed by atoms with Gasteiger partial charge in [-0.25, -0.2) is 0 Å². The van der Waals surface area contributed by atoms with E-state index in [1.807, 2.05) is 13.8 Å². The molecule has 0 aromatic heterocycles. The molecular formula is C13H18F3N. The minimum absolute atomic E-state index is 0.413. The highest BCUT2D eigenvalue weighted by Gasteiger charge is 2.30. The van der Waals surface area contributed by atoms with Gasteiger partial charge in [0.1, 0.15) is 0 Å². The van der Waals surface area contributed by atoms with E-state index < -0.39 is 11.7 Å². The molecular weight excluding hydrogens is 227 g/mol. The van der Waals surface area contributed by atoms with Crippen LogP contribution < -0.4 is 5.32 Å². The van der Waals surface area contributed by atoms with Crippen molar-refractivity contribution in [3.05, 3.63) is 35.4 Å². The topological polar surface area (TPSA) is 12.0 Å². The highest BCUT2D eigenvalue weighted by atomic mass is 19.4. The Balaban J connectivity index is 2.49. The van der Waals surface area contributed by atoms with Crippen LogP contribution in [0.4, 0.5) is 13.2 Å². The molecule has 0 aliphatic heterocycles. The molecule has 1 N–H and O–H groups in total. The predicted octanol–water partition coefficient (Wildman–Crippen LogP) is 3.64. The van der Waals surface area contributed by atoms with Gasteiger partial charge in [0.15, 0.2) is 0 Å². The number of benzene rings is 1. The van der Waals surface area contributed by atoms with Gasteiger partial charge < -0.3 is 5.32 Å². The number of hydrogen-bond acceptors (Lipinski definition) is 1. The van der Waals surface area contributed by atoms with Crippen LogP contribution in [-0.4, -0.2) is 12.6 Å². The Morgan fingerprint density at radius 1 is 1.24 bits per heavy atom. The number of halogens is 3. The summed E-state index contributed by atoms with van der Waals surface area (Å²) >= 11 is 0. The molecule has 17 heavy (non-hydrogen) atoms. The molecule has 0 unspecified atom stereocenters. The molecule has 0 fully saturated rings. The average Bonchev–Trinajstić information content (AvgIpc) is 2.23. The van der Waals surface area contributed by atoms with Crippen molar-refractivity contribution in [1.82, 2.24) is 5.32 Å². The molecule has 0 amide bonds. The molecule has 0 saturated carbocycles. The Morgan fingerprint density at radius 3 is 2.53 bits per heavy atom. The molecule has 0 spiro atoms. The van der Waals surface area contributed by atoms with Crippen molar-refractivity contribution in [2.75, 3.05) is 6.54 Å². The van der Waals surface area contributed by atoms with Crippen molar-refractivity contribution in [3.63, 3.8) is 0 Å². The predicted molar refractivity (Wildman–Crippen MR) is 62.9 cm³/mol. The van der Waals surface area contributed by atoms with E-state index in [1.165, 1.54) is 12.1 Å². The first-order valence-electron chi connectivity index (χ1n) is 5.79. The molecule has 0 radical (unpaired) electrons. The lowest BCUT2D eigenvalue weighted by molar-refractivity contribution is -0.137. The molecule has 0 aliphatic rings. The zero-order chi connectivity index (χ0) is 12.9. The van der Waals surface area contributed by atoms with E-state index >= 15 is 0 Å². The molecule has 0 atom stereocenters. The fraction of sp³-hybridized carbons (Fsp3) is 0.538. The van der Waals surface area contributed by atoms with Crippen LogP contribution in [-0.2, 0) is 12.6 Å². The molecule has 0 bridgehead atoms. The fourth-order valence-corrected chi connectivity index (χ4v) is 1.59. The first-order valence-corrected chi connectivity index (χ1v) is 5.79. The normalized spacial score (nSPS) is 12.1. The van der Waals surface area contributed by atoms with Crippen molar-refractivity contribution in [2.45, 2.75) is 38.9 Å². The van der Waals surface area contributed by atoms with E-state index in [9.17, 15) is 13.2 Å². The van der Waals surface area contributed by atoms with Crippen LogP contribution in [0.1, 0.15) is 31.4 Å². The van der Waals surface area contributed by atoms with Crippen LogP contribution in [0.15, 0.2) is 24.3 Å². The summed E-state index contributed by atoms with van der Waals surface area (Å²) in [6.45, 7) is 4.92. The highest BCUT2D eigenvalue weighted by molar-refractivity contribution is 5.25. The van der Waals surface area contributed by atoms with E-state index in [-0.39, 0.29) is 0 Å². The molecule has 0 aliphatic carbocycles. The third kappa shape index (κ3) is 5.22. The van der Waals surface area contributed by atoms with Crippen LogP contribution in [0, 0.1) is 0 Å². The zero-order valence-corrected chi connectivity index (χ0v) is 10.1. The van der Waals surface area contributed by atoms with Crippen molar-refractivity contribution < 1.29 is 13.2 Å². The maximum absolute atomic E-state index is 12.4. The fourth-order valence-electron chi connectivity index (χ4n) is 1.59. The Morgan fingerprint density at radius 2 is 1.94 bits per heavy atom. The van der Waals surface area contributed by atoms with Gasteiger partial charge in [0, 0.05) is 6.04 Å². The molecule has 1 rings (SSSR count). The number of hydrogen-bond donors (Lipinski definition) is 1. The zero-order valence-electron chi connectivity index (χ0n) is 10.1. The first kappa shape index (κ1) is 14.0. The molecule has 4 heteroatoms. The standard InChI is InChI=1S/C13H18F3N/c1-10(2)17-8-4-6-11-5-3-7-12(9-11)13(14,15)16/h3,5,7,9-10,17H,4,6,8H2,1-2H3. The summed E-state index contributed by atoms with van der Waals surface area (Å²) < 4.78 is 37.3. The van der Waals surface area contributed by atoms with E-state index in [2.05, 4.69) is 5.32 Å². The van der Waals surface area contributed by atoms with Gasteiger partial charge in [0.25, 0.3) is 0 Å². The Kier molecular flexibility index (Phi) is 5.00. The minimum Gasteiger partial charge on any atom is -0.315 e. The van der Waals surface area contributed by atoms with E-state index in [4.69, 9.17) is 0 Å². The van der Waals surface area contributed by atoms with Gasteiger partial charge in [-0.05, 0) is 31.0 Å². The van der Waals surface area contributed by atoms with Gasteiger partial charge in [-0.2, -0.15) is 13.2 Å². The number of alkyl halides is 3. The lowest BCUT2D eigenvalue weighted by atomic mass is 10.1. The van der Waals surface area contributed by atoms with Gasteiger partial charge in [0.2, 0.25) is 0 Å². The quantitative estimate of drug-likeness (QED) is 0.781. The third-order valence-corrected chi connectivity index (χ3v) is 2.45. The van der Waals surface area contributed by atoms with Gasteiger partial charge in [-0.3, -0.25) is 0 Å². The van der Waals surface area contributed by atoms with Crippen LogP contribution in [0.2, 0.25) is 0 Å². The maximum atomic E-state index is 12.4. The average molecular weight is 245 g/mol. The van der Waals surface area contributed by atoms with Gasteiger partial charge in [0.05, 0.1) is 5.56 Å². The van der Waals surface area contributed by atoms with E-state index in [0.717, 1.165) is 24.6 Å². The molecule has 1 aromatic rings. The van der Waals surface area contributed by atoms with Gasteiger partial charge in [-0.1, -0.05) is 32.0 Å². The van der Waals surface area contributed by atoms with E-state index in [0.29, 0.717) is 12.5 Å². The third-order valence-electron chi connectivity index (χ3n) is 2.45. The van der Waals surface area contributed by atoms with Crippen molar-refractivity contribution in [1.29, 1.82) is 0 Å². The smallest absolute Gasteiger partial charge is 0.315 e. The first-order chi connectivity index (χ1) is 7.89. The molecule has 1 nitrogen and oxygen atoms in total. The minimum atomic E-state index is -4.24. The monoisotopic (exact) mass is 245 g/mol. The summed E-state index contributed by atoms with van der Waals surface area (Å²) in [5, 5.41) is 3.24. The van der Waals surface area contributed by atoms with Crippen LogP contribution >= 0.6 is 0 Å². The molecule has 0 saturated heterocycles. The Labute approximate surface area is 100 Å². The van der Waals surface area contributed by atoms with Gasteiger partial charge >= 0.3 is 6.18 Å². The summed E-state index contributed by atoms with van der Waals surface area (Å²) in [5.74, 6) is 0. The lowest BCUT2D eigenvalue weighted by Crippen LogP contribution is -2.23. The molecule has 96 valence electrons. The maximum Gasteiger partial charge on any atom is 0.416 e. The summed E-state index contributed by atoms with van der Waals surface area (Å²) in [4.78, 5) is 0. The largest absolute Gasteiger partial charge is 0.416 e. The highest BCUT2D eigenvalue weighted by Crippen LogP contribution is 2.29. The number of aryl methyl sites for hydroxylation is 1. The van der Waals surface area contributed by atoms with Crippen molar-refractivity contribution >= 4 is 0 Å². The van der Waals surface area contributed by atoms with Gasteiger partial charge in [-0.15, -0.1) is 0 Å². The summed E-state index contributed by atoms with van der Waals surface area (Å²) in [5.41, 5.74) is 0.178. The molecule has 0 heterocycles. The van der Waals surface area contributed by atoms with Crippen molar-refractivity contribution in [2.24, 2.45) is 0 Å². The second-order valence-corrected chi connectivity index (χ2v) is 4.41. The van der Waals surface area contributed by atoms with E-state index in [1.54, 1.807) is 6.07 Å². The second kappa shape index (κ2) is 6.05. The second-order valence-electron chi connectivity index (χ2n) is 4.41.